The van der Waals surface area contributed by atoms with Crippen molar-refractivity contribution in [3.63, 3.8) is 0 Å². The van der Waals surface area contributed by atoms with Crippen LogP contribution in [0.3, 0.4) is 0 Å². The van der Waals surface area contributed by atoms with Crippen molar-refractivity contribution in [1.29, 1.82) is 0 Å². The number of nitrogens with one attached hydrogen (secondary N) is 1. The Morgan fingerprint density at radius 1 is 1.23 bits per heavy atom. The number of hydrogen-bond acceptors (Lipinski definition) is 4. The highest BCUT2D eigenvalue weighted by Crippen LogP contribution is 2.20. The van der Waals surface area contributed by atoms with E-state index in [9.17, 15) is 4.79 Å². The molecule has 1 heterocycles. The van der Waals surface area contributed by atoms with Crippen LogP contribution in [-0.2, 0) is 16.0 Å². The molecule has 0 bridgehead atoms. The van der Waals surface area contributed by atoms with Gasteiger partial charge in [0.1, 0.15) is 12.4 Å². The Hall–Kier alpha value is -2.08. The van der Waals surface area contributed by atoms with Crippen molar-refractivity contribution in [3.8, 4) is 5.75 Å². The van der Waals surface area contributed by atoms with Crippen molar-refractivity contribution in [3.05, 3.63) is 60.2 Å². The third-order valence-electron chi connectivity index (χ3n) is 4.20. The summed E-state index contributed by atoms with van der Waals surface area (Å²) in [6, 6.07) is 16.5. The molecule has 2 aromatic carbocycles. The molecule has 0 saturated carbocycles. The number of anilines is 1. The van der Waals surface area contributed by atoms with E-state index in [1.54, 1.807) is 0 Å². The first-order valence-electron chi connectivity index (χ1n) is 8.65. The van der Waals surface area contributed by atoms with Crippen LogP contribution in [0.5, 0.6) is 5.75 Å². The highest BCUT2D eigenvalue weighted by atomic mass is 35.5. The van der Waals surface area contributed by atoms with Gasteiger partial charge in [0, 0.05) is 18.4 Å². The van der Waals surface area contributed by atoms with Crippen LogP contribution in [0.15, 0.2) is 54.6 Å². The van der Waals surface area contributed by atoms with Crippen LogP contribution < -0.4 is 15.8 Å². The van der Waals surface area contributed by atoms with Crippen molar-refractivity contribution in [2.24, 2.45) is 5.73 Å². The second-order valence-electron chi connectivity index (χ2n) is 6.26. The number of benzene rings is 2. The summed E-state index contributed by atoms with van der Waals surface area (Å²) < 4.78 is 11.3. The number of rotatable bonds is 7. The number of halogens is 1. The fraction of sp³-hybridized carbons (Fsp3) is 0.350. The van der Waals surface area contributed by atoms with Gasteiger partial charge in [-0.05, 0) is 37.0 Å². The van der Waals surface area contributed by atoms with Crippen LogP contribution in [0.2, 0.25) is 0 Å². The van der Waals surface area contributed by atoms with Gasteiger partial charge in [-0.2, -0.15) is 0 Å². The average molecular weight is 377 g/mol. The molecular weight excluding hydrogens is 352 g/mol. The molecule has 0 radical (unpaired) electrons. The van der Waals surface area contributed by atoms with E-state index >= 15 is 0 Å². The zero-order valence-electron chi connectivity index (χ0n) is 14.6. The molecule has 1 fully saturated rings. The normalized spacial score (nSPS) is 17.2. The van der Waals surface area contributed by atoms with E-state index in [0.29, 0.717) is 24.5 Å². The number of carbonyl (C=O) groups excluding carboxylic acids is 1. The van der Waals surface area contributed by atoms with E-state index in [0.717, 1.165) is 25.0 Å². The molecule has 1 saturated heterocycles. The number of nitrogens with two attached hydrogens (primary N) is 1. The zero-order valence-corrected chi connectivity index (χ0v) is 15.4. The third-order valence-corrected chi connectivity index (χ3v) is 4.20. The molecule has 2 aromatic rings. The van der Waals surface area contributed by atoms with E-state index in [2.05, 4.69) is 5.32 Å². The first kappa shape index (κ1) is 20.2. The molecule has 1 amide bonds. The van der Waals surface area contributed by atoms with Gasteiger partial charge in [0.2, 0.25) is 5.91 Å². The van der Waals surface area contributed by atoms with Gasteiger partial charge in [0.25, 0.3) is 0 Å². The standard InChI is InChI=1S/C20H24N2O3.ClH/c21-19(12-15-6-2-1-3-7-15)20(23)22-16-8-4-9-17(13-16)25-14-18-10-5-11-24-18;/h1-4,6-9,13,18-19H,5,10-12,14,21H2,(H,22,23);1H. The average Bonchev–Trinajstić information content (AvgIpc) is 3.15. The monoisotopic (exact) mass is 376 g/mol. The molecule has 140 valence electrons. The fourth-order valence-corrected chi connectivity index (χ4v) is 2.82. The molecule has 0 aromatic heterocycles. The summed E-state index contributed by atoms with van der Waals surface area (Å²) in [5, 5.41) is 2.86. The highest BCUT2D eigenvalue weighted by molar-refractivity contribution is 5.95. The Kier molecular flexibility index (Phi) is 7.91. The van der Waals surface area contributed by atoms with Crippen LogP contribution in [0.4, 0.5) is 5.69 Å². The van der Waals surface area contributed by atoms with E-state index in [1.165, 1.54) is 0 Å². The molecule has 1 aliphatic heterocycles. The van der Waals surface area contributed by atoms with Crippen molar-refractivity contribution < 1.29 is 14.3 Å². The minimum Gasteiger partial charge on any atom is -0.491 e. The lowest BCUT2D eigenvalue weighted by atomic mass is 10.1. The zero-order chi connectivity index (χ0) is 17.5. The minimum absolute atomic E-state index is 0. The van der Waals surface area contributed by atoms with Crippen molar-refractivity contribution in [2.75, 3.05) is 18.5 Å². The van der Waals surface area contributed by atoms with Gasteiger partial charge in [-0.3, -0.25) is 4.79 Å². The third kappa shape index (κ3) is 6.02. The number of hydrogen-bond donors (Lipinski definition) is 2. The molecule has 2 atom stereocenters. The molecule has 26 heavy (non-hydrogen) atoms. The second kappa shape index (κ2) is 10.2. The van der Waals surface area contributed by atoms with E-state index in [4.69, 9.17) is 15.2 Å². The summed E-state index contributed by atoms with van der Waals surface area (Å²) in [5.74, 6) is 0.505. The molecular formula is C20H25ClN2O3. The quantitative estimate of drug-likeness (QED) is 0.778. The largest absolute Gasteiger partial charge is 0.491 e. The lowest BCUT2D eigenvalue weighted by Gasteiger charge is -2.14. The maximum Gasteiger partial charge on any atom is 0.241 e. The van der Waals surface area contributed by atoms with Gasteiger partial charge >= 0.3 is 0 Å². The first-order valence-corrected chi connectivity index (χ1v) is 8.65. The summed E-state index contributed by atoms with van der Waals surface area (Å²) >= 11 is 0. The maximum atomic E-state index is 12.3. The number of amides is 1. The summed E-state index contributed by atoms with van der Waals surface area (Å²) in [4.78, 5) is 12.3. The van der Waals surface area contributed by atoms with E-state index in [-0.39, 0.29) is 24.4 Å². The van der Waals surface area contributed by atoms with E-state index in [1.807, 2.05) is 54.6 Å². The van der Waals surface area contributed by atoms with Crippen molar-refractivity contribution in [1.82, 2.24) is 0 Å². The van der Waals surface area contributed by atoms with E-state index < -0.39 is 6.04 Å². The van der Waals surface area contributed by atoms with Crippen LogP contribution in [0.1, 0.15) is 18.4 Å². The van der Waals surface area contributed by atoms with Gasteiger partial charge in [0.05, 0.1) is 12.1 Å². The Morgan fingerprint density at radius 3 is 2.77 bits per heavy atom. The minimum atomic E-state index is -0.598. The van der Waals surface area contributed by atoms with Gasteiger partial charge in [0.15, 0.2) is 0 Å². The smallest absolute Gasteiger partial charge is 0.241 e. The molecule has 2 unspecified atom stereocenters. The Labute approximate surface area is 160 Å². The van der Waals surface area contributed by atoms with Gasteiger partial charge in [-0.1, -0.05) is 36.4 Å². The first-order chi connectivity index (χ1) is 12.2. The summed E-state index contributed by atoms with van der Waals surface area (Å²) in [7, 11) is 0. The predicted octanol–water partition coefficient (Wildman–Crippen LogP) is 3.17. The lowest BCUT2D eigenvalue weighted by molar-refractivity contribution is -0.117. The molecule has 1 aliphatic rings. The molecule has 3 rings (SSSR count). The predicted molar refractivity (Wildman–Crippen MR) is 105 cm³/mol. The number of ether oxygens (including phenoxy) is 2. The molecule has 5 nitrogen and oxygen atoms in total. The summed E-state index contributed by atoms with van der Waals surface area (Å²) in [6.45, 7) is 1.34. The van der Waals surface area contributed by atoms with Crippen LogP contribution in [-0.4, -0.2) is 31.3 Å². The summed E-state index contributed by atoms with van der Waals surface area (Å²) in [5.41, 5.74) is 7.74. The lowest BCUT2D eigenvalue weighted by Crippen LogP contribution is -2.37. The van der Waals surface area contributed by atoms with Crippen LogP contribution in [0.25, 0.3) is 0 Å². The highest BCUT2D eigenvalue weighted by Gasteiger charge is 2.17. The summed E-state index contributed by atoms with van der Waals surface area (Å²) in [6.07, 6.45) is 2.79. The van der Waals surface area contributed by atoms with Gasteiger partial charge in [-0.25, -0.2) is 0 Å². The Morgan fingerprint density at radius 2 is 2.04 bits per heavy atom. The van der Waals surface area contributed by atoms with Crippen molar-refractivity contribution in [2.45, 2.75) is 31.4 Å². The second-order valence-corrected chi connectivity index (χ2v) is 6.26. The topological polar surface area (TPSA) is 73.6 Å². The van der Waals surface area contributed by atoms with Gasteiger partial charge < -0.3 is 20.5 Å². The maximum absolute atomic E-state index is 12.3. The SMILES string of the molecule is Cl.NC(Cc1ccccc1)C(=O)Nc1cccc(OCC2CCCO2)c1. The Bertz CT molecular complexity index is 690. The molecule has 3 N–H and O–H groups in total. The molecule has 6 heteroatoms. The van der Waals surface area contributed by atoms with Crippen LogP contribution in [0, 0.1) is 0 Å². The molecule has 0 spiro atoms. The number of carbonyl (C=O) groups is 1. The van der Waals surface area contributed by atoms with Crippen LogP contribution >= 0.6 is 12.4 Å². The molecule has 0 aliphatic carbocycles. The van der Waals surface area contributed by atoms with Gasteiger partial charge in [-0.15, -0.1) is 12.4 Å². The fourth-order valence-electron chi connectivity index (χ4n) is 2.82. The Balaban J connectivity index is 0.00000243. The van der Waals surface area contributed by atoms with Crippen molar-refractivity contribution >= 4 is 24.0 Å².